The molecule has 0 bridgehead atoms. The Kier molecular flexibility index (Phi) is 3.94. The number of primary sulfonamides is 1. The van der Waals surface area contributed by atoms with Gasteiger partial charge in [0.05, 0.1) is 22.3 Å². The smallest absolute Gasteiger partial charge is 0.238 e. The Morgan fingerprint density at radius 2 is 2.04 bits per heavy atom. The lowest BCUT2D eigenvalue weighted by atomic mass is 10.0. The molecule has 1 atom stereocenters. The predicted octanol–water partition coefficient (Wildman–Crippen LogP) is 3.35. The molecule has 4 rings (SSSR count). The van der Waals surface area contributed by atoms with Gasteiger partial charge in [-0.05, 0) is 47.9 Å². The fourth-order valence-corrected chi connectivity index (χ4v) is 4.24. The summed E-state index contributed by atoms with van der Waals surface area (Å²) in [6, 6.07) is 10.7. The number of hydrogen-bond acceptors (Lipinski definition) is 5. The van der Waals surface area contributed by atoms with E-state index in [9.17, 15) is 8.42 Å². The largest absolute Gasteiger partial charge is 0.257 e. The summed E-state index contributed by atoms with van der Waals surface area (Å²) in [5, 5.41) is 13.9. The summed E-state index contributed by atoms with van der Waals surface area (Å²) in [6.07, 6.45) is 6.60. The molecule has 1 unspecified atom stereocenters. The second-order valence-corrected chi connectivity index (χ2v) is 8.29. The maximum absolute atomic E-state index is 11.5. The quantitative estimate of drug-likeness (QED) is 0.840. The van der Waals surface area contributed by atoms with Crippen molar-refractivity contribution >= 4 is 32.8 Å². The van der Waals surface area contributed by atoms with E-state index in [0.29, 0.717) is 0 Å². The SMILES string of the molecule is NS(=O)(=O)c1ccc(N2N=C(C3=C=CC=C3)CC2c2cccs2)cc1. The lowest BCUT2D eigenvalue weighted by molar-refractivity contribution is 0.598. The monoisotopic (exact) mass is 369 g/mol. The van der Waals surface area contributed by atoms with Crippen LogP contribution in [0.1, 0.15) is 17.3 Å². The highest BCUT2D eigenvalue weighted by Gasteiger charge is 2.31. The molecule has 0 fully saturated rings. The topological polar surface area (TPSA) is 75.8 Å². The van der Waals surface area contributed by atoms with Gasteiger partial charge in [-0.25, -0.2) is 13.6 Å². The van der Waals surface area contributed by atoms with Crippen molar-refractivity contribution in [2.75, 3.05) is 5.01 Å². The predicted molar refractivity (Wildman–Crippen MR) is 100 cm³/mol. The van der Waals surface area contributed by atoms with Crippen molar-refractivity contribution in [3.05, 3.63) is 76.2 Å². The molecule has 0 amide bonds. The highest BCUT2D eigenvalue weighted by molar-refractivity contribution is 7.89. The van der Waals surface area contributed by atoms with E-state index in [4.69, 9.17) is 10.2 Å². The summed E-state index contributed by atoms with van der Waals surface area (Å²) in [6.45, 7) is 0. The van der Waals surface area contributed by atoms with E-state index in [1.807, 2.05) is 34.7 Å². The van der Waals surface area contributed by atoms with E-state index in [1.54, 1.807) is 23.5 Å². The van der Waals surface area contributed by atoms with Crippen LogP contribution in [-0.2, 0) is 10.0 Å². The van der Waals surface area contributed by atoms with Gasteiger partial charge in [0.2, 0.25) is 10.0 Å². The summed E-state index contributed by atoms with van der Waals surface area (Å²) >= 11 is 1.68. The van der Waals surface area contributed by atoms with Crippen LogP contribution in [0.4, 0.5) is 5.69 Å². The Morgan fingerprint density at radius 3 is 2.64 bits per heavy atom. The molecule has 5 nitrogen and oxygen atoms in total. The van der Waals surface area contributed by atoms with Crippen molar-refractivity contribution in [2.24, 2.45) is 10.2 Å². The van der Waals surface area contributed by atoms with E-state index in [2.05, 4.69) is 11.8 Å². The van der Waals surface area contributed by atoms with Gasteiger partial charge in [0.1, 0.15) is 0 Å². The molecule has 0 saturated heterocycles. The van der Waals surface area contributed by atoms with Crippen LogP contribution in [0.3, 0.4) is 0 Å². The molecule has 1 aliphatic heterocycles. The molecule has 0 saturated carbocycles. The number of sulfonamides is 1. The van der Waals surface area contributed by atoms with Crippen molar-refractivity contribution < 1.29 is 8.42 Å². The second-order valence-electron chi connectivity index (χ2n) is 5.75. The van der Waals surface area contributed by atoms with Crippen LogP contribution < -0.4 is 10.1 Å². The molecular weight excluding hydrogens is 354 g/mol. The third-order valence-corrected chi connectivity index (χ3v) is 6.02. The van der Waals surface area contributed by atoms with Crippen LogP contribution in [0.5, 0.6) is 0 Å². The summed E-state index contributed by atoms with van der Waals surface area (Å²) < 4.78 is 22.9. The zero-order valence-corrected chi connectivity index (χ0v) is 14.8. The van der Waals surface area contributed by atoms with Crippen molar-refractivity contribution in [1.29, 1.82) is 0 Å². The van der Waals surface area contributed by atoms with Gasteiger partial charge >= 0.3 is 0 Å². The average molecular weight is 369 g/mol. The molecule has 2 N–H and O–H groups in total. The van der Waals surface area contributed by atoms with Gasteiger partial charge in [-0.15, -0.1) is 17.1 Å². The van der Waals surface area contributed by atoms with E-state index >= 15 is 0 Å². The van der Waals surface area contributed by atoms with Gasteiger partial charge in [0.25, 0.3) is 0 Å². The normalized spacial score (nSPS) is 19.4. The lowest BCUT2D eigenvalue weighted by Gasteiger charge is -2.22. The van der Waals surface area contributed by atoms with E-state index in [0.717, 1.165) is 23.4 Å². The van der Waals surface area contributed by atoms with Crippen molar-refractivity contribution in [3.8, 4) is 0 Å². The molecule has 2 aliphatic rings. The van der Waals surface area contributed by atoms with Gasteiger partial charge in [-0.3, -0.25) is 5.01 Å². The molecule has 0 radical (unpaired) electrons. The fourth-order valence-electron chi connectivity index (χ4n) is 2.91. The zero-order valence-electron chi connectivity index (χ0n) is 13.2. The highest BCUT2D eigenvalue weighted by atomic mass is 32.2. The molecule has 1 aromatic carbocycles. The molecule has 2 aromatic rings. The minimum absolute atomic E-state index is 0.0821. The zero-order chi connectivity index (χ0) is 17.4. The first-order valence-corrected chi connectivity index (χ1v) is 10.1. The molecule has 1 aliphatic carbocycles. The molecule has 2 heterocycles. The minimum atomic E-state index is -3.70. The second kappa shape index (κ2) is 6.13. The number of anilines is 1. The number of hydrogen-bond donors (Lipinski definition) is 1. The lowest BCUT2D eigenvalue weighted by Crippen LogP contribution is -2.18. The summed E-state index contributed by atoms with van der Waals surface area (Å²) in [7, 11) is -3.70. The molecule has 1 aromatic heterocycles. The Balaban J connectivity index is 1.73. The summed E-state index contributed by atoms with van der Waals surface area (Å²) in [5.41, 5.74) is 5.98. The third-order valence-electron chi connectivity index (χ3n) is 4.12. The van der Waals surface area contributed by atoms with Crippen LogP contribution in [-0.4, -0.2) is 14.1 Å². The molecule has 7 heteroatoms. The molecular formula is C18H15N3O2S2. The summed E-state index contributed by atoms with van der Waals surface area (Å²) in [4.78, 5) is 1.30. The van der Waals surface area contributed by atoms with Crippen LogP contribution >= 0.6 is 11.3 Å². The maximum Gasteiger partial charge on any atom is 0.238 e. The average Bonchev–Trinajstić information content (AvgIpc) is 3.33. The standard InChI is InChI=1S/C18H15N3O2S2/c19-25(22,23)15-9-7-14(8-10-15)21-17(18-6-3-11-24-18)12-16(20-21)13-4-1-2-5-13/h1-4,6-11,17H,12H2,(H2,19,22,23). The Hall–Kier alpha value is -2.44. The van der Waals surface area contributed by atoms with Gasteiger partial charge in [0.15, 0.2) is 0 Å². The van der Waals surface area contributed by atoms with E-state index in [-0.39, 0.29) is 10.9 Å². The van der Waals surface area contributed by atoms with Gasteiger partial charge in [0, 0.05) is 16.9 Å². The minimum Gasteiger partial charge on any atom is -0.257 e. The van der Waals surface area contributed by atoms with Crippen molar-refractivity contribution in [1.82, 2.24) is 0 Å². The van der Waals surface area contributed by atoms with Crippen LogP contribution in [0.15, 0.2) is 81.3 Å². The number of thiophene rings is 1. The Morgan fingerprint density at radius 1 is 1.24 bits per heavy atom. The van der Waals surface area contributed by atoms with Gasteiger partial charge < -0.3 is 0 Å². The maximum atomic E-state index is 11.5. The van der Waals surface area contributed by atoms with Gasteiger partial charge in [-0.1, -0.05) is 12.1 Å². The number of rotatable bonds is 4. The number of nitrogens with zero attached hydrogens (tertiary/aromatic N) is 2. The first-order valence-electron chi connectivity index (χ1n) is 7.69. The highest BCUT2D eigenvalue weighted by Crippen LogP contribution is 2.38. The number of nitrogens with two attached hydrogens (primary N) is 1. The molecule has 126 valence electrons. The Labute approximate surface area is 150 Å². The van der Waals surface area contributed by atoms with Gasteiger partial charge in [-0.2, -0.15) is 5.10 Å². The summed E-state index contributed by atoms with van der Waals surface area (Å²) in [5.74, 6) is 0. The van der Waals surface area contributed by atoms with Crippen molar-refractivity contribution in [2.45, 2.75) is 17.4 Å². The van der Waals surface area contributed by atoms with Crippen molar-refractivity contribution in [3.63, 3.8) is 0 Å². The van der Waals surface area contributed by atoms with E-state index < -0.39 is 10.0 Å². The number of hydrazone groups is 1. The molecule has 25 heavy (non-hydrogen) atoms. The first kappa shape index (κ1) is 16.1. The van der Waals surface area contributed by atoms with E-state index in [1.165, 1.54) is 17.0 Å². The van der Waals surface area contributed by atoms with Crippen LogP contribution in [0.2, 0.25) is 0 Å². The number of allylic oxidation sites excluding steroid dienone is 3. The number of benzene rings is 1. The first-order chi connectivity index (χ1) is 12.0. The Bertz CT molecular complexity index is 1030. The third kappa shape index (κ3) is 3.10. The fraction of sp³-hybridized carbons (Fsp3) is 0.111. The van der Waals surface area contributed by atoms with Crippen LogP contribution in [0, 0.1) is 0 Å². The molecule has 0 spiro atoms. The van der Waals surface area contributed by atoms with Crippen LogP contribution in [0.25, 0.3) is 0 Å².